The van der Waals surface area contributed by atoms with Crippen LogP contribution in [0.4, 0.5) is 0 Å². The molecule has 2 heterocycles. The van der Waals surface area contributed by atoms with Crippen molar-refractivity contribution in [1.29, 1.82) is 0 Å². The maximum Gasteiger partial charge on any atom is 0.132 e. The largest absolute Gasteiger partial charge is 0.357 e. The first-order chi connectivity index (χ1) is 6.97. The first-order valence-electron chi connectivity index (χ1n) is 6.14. The van der Waals surface area contributed by atoms with E-state index in [1.807, 2.05) is 0 Å². The van der Waals surface area contributed by atoms with Gasteiger partial charge in [-0.05, 0) is 46.7 Å². The van der Waals surface area contributed by atoms with Crippen LogP contribution in [0.25, 0.3) is 0 Å². The minimum Gasteiger partial charge on any atom is -0.357 e. The smallest absolute Gasteiger partial charge is 0.132 e. The standard InChI is InChI=1S/C12H24N2O/c1-5-14-8-6-7-10(14)12(4)13-11(2,3)9-15-12/h10,13H,5-9H2,1-4H3. The molecule has 0 aromatic heterocycles. The quantitative estimate of drug-likeness (QED) is 0.752. The summed E-state index contributed by atoms with van der Waals surface area (Å²) in [6, 6.07) is 0.546. The van der Waals surface area contributed by atoms with Crippen molar-refractivity contribution in [2.45, 2.75) is 57.8 Å². The molecule has 15 heavy (non-hydrogen) atoms. The van der Waals surface area contributed by atoms with Crippen molar-refractivity contribution in [3.8, 4) is 0 Å². The normalized spacial score (nSPS) is 41.2. The van der Waals surface area contributed by atoms with E-state index < -0.39 is 0 Å². The van der Waals surface area contributed by atoms with Gasteiger partial charge >= 0.3 is 0 Å². The summed E-state index contributed by atoms with van der Waals surface area (Å²) in [5.74, 6) is 0. The van der Waals surface area contributed by atoms with Crippen molar-refractivity contribution in [3.05, 3.63) is 0 Å². The minimum atomic E-state index is -0.143. The Kier molecular flexibility index (Phi) is 2.82. The van der Waals surface area contributed by atoms with E-state index in [1.54, 1.807) is 0 Å². The summed E-state index contributed by atoms with van der Waals surface area (Å²) in [6.07, 6.45) is 2.56. The molecule has 0 aliphatic carbocycles. The number of nitrogens with zero attached hydrogens (tertiary/aromatic N) is 1. The van der Waals surface area contributed by atoms with Crippen LogP contribution in [-0.2, 0) is 4.74 Å². The van der Waals surface area contributed by atoms with E-state index >= 15 is 0 Å². The van der Waals surface area contributed by atoms with Crippen LogP contribution in [0.3, 0.4) is 0 Å². The number of rotatable bonds is 2. The van der Waals surface area contributed by atoms with Crippen molar-refractivity contribution < 1.29 is 4.74 Å². The van der Waals surface area contributed by atoms with Gasteiger partial charge in [0, 0.05) is 5.54 Å². The summed E-state index contributed by atoms with van der Waals surface area (Å²) in [5.41, 5.74) is -0.0211. The van der Waals surface area contributed by atoms with Crippen molar-refractivity contribution in [2.24, 2.45) is 0 Å². The van der Waals surface area contributed by atoms with Crippen molar-refractivity contribution >= 4 is 0 Å². The van der Waals surface area contributed by atoms with Crippen molar-refractivity contribution in [2.75, 3.05) is 19.7 Å². The Labute approximate surface area is 93.2 Å². The molecule has 3 heteroatoms. The number of hydrogen-bond donors (Lipinski definition) is 1. The van der Waals surface area contributed by atoms with E-state index in [2.05, 4.69) is 37.9 Å². The molecule has 0 radical (unpaired) electrons. The van der Waals surface area contributed by atoms with Crippen LogP contribution < -0.4 is 5.32 Å². The fourth-order valence-corrected chi connectivity index (χ4v) is 3.08. The van der Waals surface area contributed by atoms with Crippen molar-refractivity contribution in [1.82, 2.24) is 10.2 Å². The number of hydrogen-bond acceptors (Lipinski definition) is 3. The second kappa shape index (κ2) is 3.72. The van der Waals surface area contributed by atoms with Gasteiger partial charge in [-0.25, -0.2) is 0 Å². The molecule has 0 aromatic carbocycles. The highest BCUT2D eigenvalue weighted by molar-refractivity contribution is 5.01. The Balaban J connectivity index is 2.09. The zero-order chi connectivity index (χ0) is 11.1. The van der Waals surface area contributed by atoms with Crippen molar-refractivity contribution in [3.63, 3.8) is 0 Å². The van der Waals surface area contributed by atoms with E-state index in [0.717, 1.165) is 13.2 Å². The number of likely N-dealkylation sites (N-methyl/N-ethyl adjacent to an activating group) is 1. The van der Waals surface area contributed by atoms with Gasteiger partial charge in [-0.1, -0.05) is 6.92 Å². The predicted molar refractivity (Wildman–Crippen MR) is 61.8 cm³/mol. The van der Waals surface area contributed by atoms with E-state index in [9.17, 15) is 0 Å². The molecule has 1 N–H and O–H groups in total. The lowest BCUT2D eigenvalue weighted by atomic mass is 10.0. The monoisotopic (exact) mass is 212 g/mol. The van der Waals surface area contributed by atoms with Crippen LogP contribution in [-0.4, -0.2) is 41.9 Å². The predicted octanol–water partition coefficient (Wildman–Crippen LogP) is 1.59. The number of nitrogens with one attached hydrogen (secondary N) is 1. The highest BCUT2D eigenvalue weighted by Gasteiger charge is 2.48. The molecular weight excluding hydrogens is 188 g/mol. The molecule has 0 saturated carbocycles. The van der Waals surface area contributed by atoms with Gasteiger partial charge in [0.25, 0.3) is 0 Å². The Morgan fingerprint density at radius 1 is 1.40 bits per heavy atom. The molecule has 0 spiro atoms. The molecule has 0 aromatic rings. The third kappa shape index (κ3) is 2.05. The Bertz CT molecular complexity index is 242. The van der Waals surface area contributed by atoms with Crippen LogP contribution in [0.1, 0.15) is 40.5 Å². The van der Waals surface area contributed by atoms with Crippen LogP contribution in [0.2, 0.25) is 0 Å². The number of likely N-dealkylation sites (tertiary alicyclic amines) is 1. The molecule has 88 valence electrons. The molecule has 3 nitrogen and oxygen atoms in total. The average Bonchev–Trinajstić information content (AvgIpc) is 2.71. The molecule has 0 amide bonds. The lowest BCUT2D eigenvalue weighted by Gasteiger charge is -2.37. The Hall–Kier alpha value is -0.120. The fourth-order valence-electron chi connectivity index (χ4n) is 3.08. The van der Waals surface area contributed by atoms with Crippen LogP contribution in [0, 0.1) is 0 Å². The topological polar surface area (TPSA) is 24.5 Å². The summed E-state index contributed by atoms with van der Waals surface area (Å²) in [5, 5.41) is 3.65. The van der Waals surface area contributed by atoms with Crippen LogP contribution >= 0.6 is 0 Å². The third-order valence-electron chi connectivity index (χ3n) is 3.73. The molecule has 0 bridgehead atoms. The van der Waals surface area contributed by atoms with E-state index in [4.69, 9.17) is 4.74 Å². The first kappa shape index (κ1) is 11.4. The summed E-state index contributed by atoms with van der Waals surface area (Å²) < 4.78 is 6.02. The second-order valence-electron chi connectivity index (χ2n) is 5.69. The molecule has 2 fully saturated rings. The van der Waals surface area contributed by atoms with Gasteiger partial charge in [-0.2, -0.15) is 0 Å². The van der Waals surface area contributed by atoms with Crippen LogP contribution in [0.15, 0.2) is 0 Å². The average molecular weight is 212 g/mol. The molecule has 2 rings (SSSR count). The van der Waals surface area contributed by atoms with E-state index in [-0.39, 0.29) is 11.3 Å². The van der Waals surface area contributed by atoms with Gasteiger partial charge in [0.1, 0.15) is 5.72 Å². The van der Waals surface area contributed by atoms with Gasteiger partial charge in [-0.3, -0.25) is 10.2 Å². The van der Waals surface area contributed by atoms with Gasteiger partial charge < -0.3 is 4.74 Å². The highest BCUT2D eigenvalue weighted by atomic mass is 16.5. The summed E-state index contributed by atoms with van der Waals surface area (Å²) in [4.78, 5) is 2.54. The zero-order valence-corrected chi connectivity index (χ0v) is 10.5. The van der Waals surface area contributed by atoms with Gasteiger partial charge in [0.15, 0.2) is 0 Å². The van der Waals surface area contributed by atoms with Gasteiger partial charge in [0.05, 0.1) is 12.6 Å². The Morgan fingerprint density at radius 2 is 2.13 bits per heavy atom. The lowest BCUT2D eigenvalue weighted by Crippen LogP contribution is -2.57. The van der Waals surface area contributed by atoms with Gasteiger partial charge in [0.2, 0.25) is 0 Å². The van der Waals surface area contributed by atoms with E-state index in [0.29, 0.717) is 6.04 Å². The number of ether oxygens (including phenoxy) is 1. The summed E-state index contributed by atoms with van der Waals surface area (Å²) >= 11 is 0. The highest BCUT2D eigenvalue weighted by Crippen LogP contribution is 2.33. The lowest BCUT2D eigenvalue weighted by molar-refractivity contribution is -0.0526. The molecule has 2 atom stereocenters. The zero-order valence-electron chi connectivity index (χ0n) is 10.5. The maximum atomic E-state index is 6.02. The third-order valence-corrected chi connectivity index (χ3v) is 3.73. The minimum absolute atomic E-state index is 0.122. The SMILES string of the molecule is CCN1CCCC1C1(C)NC(C)(C)CO1. The van der Waals surface area contributed by atoms with Gasteiger partial charge in [-0.15, -0.1) is 0 Å². The first-order valence-corrected chi connectivity index (χ1v) is 6.14. The Morgan fingerprint density at radius 3 is 2.67 bits per heavy atom. The molecule has 2 saturated heterocycles. The van der Waals surface area contributed by atoms with Crippen LogP contribution in [0.5, 0.6) is 0 Å². The van der Waals surface area contributed by atoms with E-state index in [1.165, 1.54) is 19.4 Å². The fraction of sp³-hybridized carbons (Fsp3) is 1.00. The molecule has 2 aliphatic heterocycles. The second-order valence-corrected chi connectivity index (χ2v) is 5.69. The molecule has 2 aliphatic rings. The maximum absolute atomic E-state index is 6.02. The summed E-state index contributed by atoms with van der Waals surface area (Å²) in [6.45, 7) is 12.0. The summed E-state index contributed by atoms with van der Waals surface area (Å²) in [7, 11) is 0. The molecule has 2 unspecified atom stereocenters. The molecular formula is C12H24N2O.